The fourth-order valence-corrected chi connectivity index (χ4v) is 2.82. The maximum Gasteiger partial charge on any atom is 0.150 e. The molecule has 4 heteroatoms. The van der Waals surface area contributed by atoms with E-state index < -0.39 is 0 Å². The van der Waals surface area contributed by atoms with E-state index in [0.717, 1.165) is 18.9 Å². The van der Waals surface area contributed by atoms with Crippen molar-refractivity contribution in [2.75, 3.05) is 6.54 Å². The van der Waals surface area contributed by atoms with Crippen LogP contribution < -0.4 is 5.32 Å². The van der Waals surface area contributed by atoms with E-state index in [-0.39, 0.29) is 0 Å². The van der Waals surface area contributed by atoms with Gasteiger partial charge in [0.1, 0.15) is 5.82 Å². The first-order valence-electron chi connectivity index (χ1n) is 6.63. The Morgan fingerprint density at radius 1 is 1.39 bits per heavy atom. The Hall–Kier alpha value is -1.13. The second kappa shape index (κ2) is 6.71. The Balaban J connectivity index is 1.93. The highest BCUT2D eigenvalue weighted by Gasteiger charge is 2.07. The van der Waals surface area contributed by atoms with E-state index in [1.165, 1.54) is 17.7 Å². The third kappa shape index (κ3) is 3.21. The number of hydrogen-bond donors (Lipinski definition) is 1. The fourth-order valence-electron chi connectivity index (χ4n) is 2.09. The van der Waals surface area contributed by atoms with E-state index in [4.69, 9.17) is 0 Å². The second-order valence-corrected chi connectivity index (χ2v) is 5.34. The largest absolute Gasteiger partial charge is 0.329 e. The van der Waals surface area contributed by atoms with Crippen LogP contribution in [0, 0.1) is 0 Å². The van der Waals surface area contributed by atoms with E-state index in [9.17, 15) is 0 Å². The standard InChI is InChI=1S/C14H21N3S/c1-3-12(4-2)15-7-9-17-10-8-16-14(17)13-6-5-11-18-13/h5-6,8,10-12,15H,3-4,7,9H2,1-2H3. The summed E-state index contributed by atoms with van der Waals surface area (Å²) < 4.78 is 2.22. The molecule has 2 rings (SSSR count). The maximum absolute atomic E-state index is 4.44. The molecule has 3 nitrogen and oxygen atoms in total. The van der Waals surface area contributed by atoms with Crippen LogP contribution in [0.5, 0.6) is 0 Å². The topological polar surface area (TPSA) is 29.9 Å². The van der Waals surface area contributed by atoms with Crippen LogP contribution in [0.15, 0.2) is 29.9 Å². The quantitative estimate of drug-likeness (QED) is 0.830. The van der Waals surface area contributed by atoms with Crippen LogP contribution in [0.3, 0.4) is 0 Å². The van der Waals surface area contributed by atoms with Crippen LogP contribution in [0.1, 0.15) is 26.7 Å². The normalized spacial score (nSPS) is 11.3. The van der Waals surface area contributed by atoms with Crippen molar-refractivity contribution in [3.8, 4) is 10.7 Å². The molecule has 0 aliphatic rings. The van der Waals surface area contributed by atoms with Crippen LogP contribution in [-0.4, -0.2) is 22.1 Å². The molecule has 1 N–H and O–H groups in total. The predicted molar refractivity (Wildman–Crippen MR) is 77.9 cm³/mol. The summed E-state index contributed by atoms with van der Waals surface area (Å²) in [5.41, 5.74) is 0. The molecule has 0 unspecified atom stereocenters. The summed E-state index contributed by atoms with van der Waals surface area (Å²) in [6, 6.07) is 4.83. The van der Waals surface area contributed by atoms with E-state index in [2.05, 4.69) is 52.4 Å². The van der Waals surface area contributed by atoms with Gasteiger partial charge in [-0.3, -0.25) is 0 Å². The first kappa shape index (κ1) is 13.3. The lowest BCUT2D eigenvalue weighted by Gasteiger charge is -2.15. The molecular formula is C14H21N3S. The molecule has 0 saturated heterocycles. The van der Waals surface area contributed by atoms with Crippen LogP contribution in [0.2, 0.25) is 0 Å². The highest BCUT2D eigenvalue weighted by atomic mass is 32.1. The van der Waals surface area contributed by atoms with Crippen molar-refractivity contribution in [3.63, 3.8) is 0 Å². The van der Waals surface area contributed by atoms with Crippen molar-refractivity contribution < 1.29 is 0 Å². The van der Waals surface area contributed by atoms with Gasteiger partial charge in [-0.15, -0.1) is 11.3 Å². The van der Waals surface area contributed by atoms with Crippen molar-refractivity contribution in [1.82, 2.24) is 14.9 Å². The van der Waals surface area contributed by atoms with Crippen molar-refractivity contribution in [3.05, 3.63) is 29.9 Å². The van der Waals surface area contributed by atoms with E-state index in [0.29, 0.717) is 6.04 Å². The Morgan fingerprint density at radius 2 is 2.22 bits per heavy atom. The van der Waals surface area contributed by atoms with Gasteiger partial charge in [0.25, 0.3) is 0 Å². The molecule has 18 heavy (non-hydrogen) atoms. The van der Waals surface area contributed by atoms with Crippen molar-refractivity contribution in [2.45, 2.75) is 39.3 Å². The third-order valence-corrected chi connectivity index (χ3v) is 4.09. The van der Waals surface area contributed by atoms with Gasteiger partial charge in [0, 0.05) is 31.5 Å². The summed E-state index contributed by atoms with van der Waals surface area (Å²) in [5.74, 6) is 1.08. The van der Waals surface area contributed by atoms with Crippen LogP contribution >= 0.6 is 11.3 Å². The van der Waals surface area contributed by atoms with Crippen molar-refractivity contribution in [1.29, 1.82) is 0 Å². The van der Waals surface area contributed by atoms with Gasteiger partial charge in [-0.1, -0.05) is 19.9 Å². The third-order valence-electron chi connectivity index (χ3n) is 3.23. The minimum absolute atomic E-state index is 0.638. The molecule has 2 aromatic rings. The number of aromatic nitrogens is 2. The Kier molecular flexibility index (Phi) is 4.96. The van der Waals surface area contributed by atoms with Gasteiger partial charge in [0.15, 0.2) is 0 Å². The summed E-state index contributed by atoms with van der Waals surface area (Å²) in [5, 5.41) is 5.68. The SMILES string of the molecule is CCC(CC)NCCn1ccnc1-c1cccs1. The van der Waals surface area contributed by atoms with E-state index in [1.54, 1.807) is 11.3 Å². The number of thiophene rings is 1. The zero-order chi connectivity index (χ0) is 12.8. The van der Waals surface area contributed by atoms with Gasteiger partial charge >= 0.3 is 0 Å². The first-order valence-corrected chi connectivity index (χ1v) is 7.51. The summed E-state index contributed by atoms with van der Waals surface area (Å²) >= 11 is 1.74. The minimum atomic E-state index is 0.638. The van der Waals surface area contributed by atoms with Gasteiger partial charge in [-0.05, 0) is 24.3 Å². The molecule has 0 aromatic carbocycles. The molecule has 0 bridgehead atoms. The Labute approximate surface area is 113 Å². The maximum atomic E-state index is 4.44. The van der Waals surface area contributed by atoms with Gasteiger partial charge in [0.05, 0.1) is 4.88 Å². The summed E-state index contributed by atoms with van der Waals surface area (Å²) in [4.78, 5) is 5.68. The van der Waals surface area contributed by atoms with Crippen LogP contribution in [-0.2, 0) is 6.54 Å². The highest BCUT2D eigenvalue weighted by molar-refractivity contribution is 7.13. The molecule has 0 spiro atoms. The Bertz CT molecular complexity index is 443. The number of nitrogens with zero attached hydrogens (tertiary/aromatic N) is 2. The van der Waals surface area contributed by atoms with Gasteiger partial charge in [-0.2, -0.15) is 0 Å². The predicted octanol–water partition coefficient (Wildman–Crippen LogP) is 3.39. The minimum Gasteiger partial charge on any atom is -0.329 e. The Morgan fingerprint density at radius 3 is 2.89 bits per heavy atom. The van der Waals surface area contributed by atoms with Gasteiger partial charge < -0.3 is 9.88 Å². The zero-order valence-electron chi connectivity index (χ0n) is 11.1. The lowest BCUT2D eigenvalue weighted by Crippen LogP contribution is -2.30. The monoisotopic (exact) mass is 263 g/mol. The number of nitrogens with one attached hydrogen (secondary N) is 1. The number of hydrogen-bond acceptors (Lipinski definition) is 3. The molecule has 2 heterocycles. The number of rotatable bonds is 7. The lowest BCUT2D eigenvalue weighted by atomic mass is 10.2. The molecule has 0 atom stereocenters. The molecule has 0 amide bonds. The zero-order valence-corrected chi connectivity index (χ0v) is 11.9. The molecular weight excluding hydrogens is 242 g/mol. The van der Waals surface area contributed by atoms with Crippen molar-refractivity contribution >= 4 is 11.3 Å². The molecule has 0 aliphatic carbocycles. The average molecular weight is 263 g/mol. The first-order chi connectivity index (χ1) is 8.85. The molecule has 98 valence electrons. The second-order valence-electron chi connectivity index (χ2n) is 4.39. The lowest BCUT2D eigenvalue weighted by molar-refractivity contribution is 0.466. The highest BCUT2D eigenvalue weighted by Crippen LogP contribution is 2.22. The molecule has 0 fully saturated rings. The molecule has 0 saturated carbocycles. The van der Waals surface area contributed by atoms with Crippen LogP contribution in [0.4, 0.5) is 0 Å². The fraction of sp³-hybridized carbons (Fsp3) is 0.500. The molecule has 0 radical (unpaired) electrons. The van der Waals surface area contributed by atoms with Gasteiger partial charge in [-0.25, -0.2) is 4.98 Å². The van der Waals surface area contributed by atoms with Crippen molar-refractivity contribution in [2.24, 2.45) is 0 Å². The van der Waals surface area contributed by atoms with E-state index in [1.807, 2.05) is 6.20 Å². The van der Waals surface area contributed by atoms with Gasteiger partial charge in [0.2, 0.25) is 0 Å². The summed E-state index contributed by atoms with van der Waals surface area (Å²) in [6.45, 7) is 6.44. The van der Waals surface area contributed by atoms with E-state index >= 15 is 0 Å². The van der Waals surface area contributed by atoms with Crippen LogP contribution in [0.25, 0.3) is 10.7 Å². The smallest absolute Gasteiger partial charge is 0.150 e. The average Bonchev–Trinajstić information content (AvgIpc) is 3.04. The summed E-state index contributed by atoms with van der Waals surface area (Å²) in [7, 11) is 0. The summed E-state index contributed by atoms with van der Waals surface area (Å²) in [6.07, 6.45) is 6.33. The molecule has 2 aromatic heterocycles. The number of imidazole rings is 1. The molecule has 0 aliphatic heterocycles.